The van der Waals surface area contributed by atoms with Crippen molar-refractivity contribution >= 4 is 17.5 Å². The van der Waals surface area contributed by atoms with Crippen LogP contribution in [0.25, 0.3) is 0 Å². The Kier molecular flexibility index (Phi) is 6.02. The van der Waals surface area contributed by atoms with E-state index in [2.05, 4.69) is 20.9 Å². The molecule has 0 bridgehead atoms. The third-order valence-corrected chi connectivity index (χ3v) is 3.33. The first-order valence-corrected chi connectivity index (χ1v) is 7.71. The fourth-order valence-electron chi connectivity index (χ4n) is 1.98. The van der Waals surface area contributed by atoms with E-state index in [1.807, 2.05) is 31.2 Å². The Balaban J connectivity index is 2.00. The molecule has 2 amide bonds. The molecule has 2 rings (SSSR count). The number of hydrogen-bond acceptors (Lipinski definition) is 5. The first kappa shape index (κ1) is 17.6. The fourth-order valence-corrected chi connectivity index (χ4v) is 1.98. The van der Waals surface area contributed by atoms with Crippen LogP contribution >= 0.6 is 0 Å². The van der Waals surface area contributed by atoms with Crippen LogP contribution in [0, 0.1) is 0 Å². The molecular formula is C16H22N6O2. The number of anilines is 1. The summed E-state index contributed by atoms with van der Waals surface area (Å²) in [6.45, 7) is 3.70. The molecule has 2 N–H and O–H groups in total. The summed E-state index contributed by atoms with van der Waals surface area (Å²) >= 11 is 0. The second-order valence-electron chi connectivity index (χ2n) is 5.52. The highest BCUT2D eigenvalue weighted by molar-refractivity contribution is 6.02. The first-order valence-electron chi connectivity index (χ1n) is 7.71. The van der Waals surface area contributed by atoms with Gasteiger partial charge in [-0.15, -0.1) is 5.10 Å². The molecular weight excluding hydrogens is 308 g/mol. The minimum Gasteiger partial charge on any atom is -0.347 e. The molecule has 0 unspecified atom stereocenters. The molecule has 0 aliphatic rings. The van der Waals surface area contributed by atoms with Crippen LogP contribution in [0.15, 0.2) is 30.5 Å². The van der Waals surface area contributed by atoms with E-state index >= 15 is 0 Å². The van der Waals surface area contributed by atoms with Gasteiger partial charge in [0.1, 0.15) is 6.54 Å². The maximum atomic E-state index is 12.2. The zero-order chi connectivity index (χ0) is 17.5. The van der Waals surface area contributed by atoms with Gasteiger partial charge in [0, 0.05) is 26.3 Å². The average Bonchev–Trinajstić information content (AvgIpc) is 3.02. The average molecular weight is 330 g/mol. The van der Waals surface area contributed by atoms with Crippen LogP contribution in [0.4, 0.5) is 5.69 Å². The van der Waals surface area contributed by atoms with Crippen molar-refractivity contribution in [3.05, 3.63) is 41.7 Å². The molecule has 1 aromatic heterocycles. The van der Waals surface area contributed by atoms with Crippen LogP contribution in [0.2, 0.25) is 0 Å². The molecule has 1 heterocycles. The molecule has 1 aromatic carbocycles. The molecule has 8 heteroatoms. The fraction of sp³-hybridized carbons (Fsp3) is 0.375. The molecule has 128 valence electrons. The molecule has 0 saturated heterocycles. The lowest BCUT2D eigenvalue weighted by molar-refractivity contribution is -0.129. The number of benzene rings is 1. The molecule has 0 atom stereocenters. The third kappa shape index (κ3) is 4.88. The standard InChI is InChI=1S/C16H22N6O2/c1-4-17-9-12-6-5-7-13(8-12)18-16(24)14-10-22(20-19-14)11-15(23)21(2)3/h5-8,10,17H,4,9,11H2,1-3H3,(H,18,24). The van der Waals surface area contributed by atoms with Gasteiger partial charge in [-0.2, -0.15) is 0 Å². The van der Waals surface area contributed by atoms with E-state index in [9.17, 15) is 9.59 Å². The highest BCUT2D eigenvalue weighted by Crippen LogP contribution is 2.11. The van der Waals surface area contributed by atoms with E-state index in [4.69, 9.17) is 0 Å². The van der Waals surface area contributed by atoms with Gasteiger partial charge in [-0.1, -0.05) is 24.3 Å². The van der Waals surface area contributed by atoms with Crippen molar-refractivity contribution in [1.29, 1.82) is 0 Å². The lowest BCUT2D eigenvalue weighted by Gasteiger charge is -2.08. The number of hydrogen-bond donors (Lipinski definition) is 2. The molecule has 24 heavy (non-hydrogen) atoms. The van der Waals surface area contributed by atoms with Gasteiger partial charge < -0.3 is 15.5 Å². The van der Waals surface area contributed by atoms with Crippen molar-refractivity contribution in [3.8, 4) is 0 Å². The van der Waals surface area contributed by atoms with Crippen molar-refractivity contribution < 1.29 is 9.59 Å². The SMILES string of the molecule is CCNCc1cccc(NC(=O)c2cn(CC(=O)N(C)C)nn2)c1. The molecule has 0 aliphatic heterocycles. The summed E-state index contributed by atoms with van der Waals surface area (Å²) in [5, 5.41) is 13.6. The minimum atomic E-state index is -0.362. The number of nitrogens with one attached hydrogen (secondary N) is 2. The predicted molar refractivity (Wildman–Crippen MR) is 90.5 cm³/mol. The zero-order valence-electron chi connectivity index (χ0n) is 14.1. The zero-order valence-corrected chi connectivity index (χ0v) is 14.1. The van der Waals surface area contributed by atoms with Gasteiger partial charge in [-0.25, -0.2) is 4.68 Å². The van der Waals surface area contributed by atoms with E-state index < -0.39 is 0 Å². The summed E-state index contributed by atoms with van der Waals surface area (Å²) in [5.41, 5.74) is 1.93. The van der Waals surface area contributed by atoms with Crippen molar-refractivity contribution in [1.82, 2.24) is 25.2 Å². The van der Waals surface area contributed by atoms with Crippen molar-refractivity contribution in [2.24, 2.45) is 0 Å². The predicted octanol–water partition coefficient (Wildman–Crippen LogP) is 0.728. The van der Waals surface area contributed by atoms with E-state index in [1.165, 1.54) is 15.8 Å². The smallest absolute Gasteiger partial charge is 0.277 e. The van der Waals surface area contributed by atoms with Gasteiger partial charge in [0.25, 0.3) is 5.91 Å². The number of aromatic nitrogens is 3. The van der Waals surface area contributed by atoms with Gasteiger partial charge in [-0.3, -0.25) is 9.59 Å². The Bertz CT molecular complexity index is 710. The Labute approximate surface area is 140 Å². The number of carbonyl (C=O) groups is 2. The van der Waals surface area contributed by atoms with Crippen LogP contribution in [-0.2, 0) is 17.9 Å². The normalized spacial score (nSPS) is 10.5. The van der Waals surface area contributed by atoms with Crippen molar-refractivity contribution in [2.45, 2.75) is 20.0 Å². The monoisotopic (exact) mass is 330 g/mol. The number of nitrogens with zero attached hydrogens (tertiary/aromatic N) is 4. The summed E-state index contributed by atoms with van der Waals surface area (Å²) in [6.07, 6.45) is 1.46. The van der Waals surface area contributed by atoms with Gasteiger partial charge >= 0.3 is 0 Å². The van der Waals surface area contributed by atoms with Crippen LogP contribution in [-0.4, -0.2) is 52.3 Å². The van der Waals surface area contributed by atoms with Gasteiger partial charge in [-0.05, 0) is 24.2 Å². The summed E-state index contributed by atoms with van der Waals surface area (Å²) in [4.78, 5) is 25.3. The van der Waals surface area contributed by atoms with Gasteiger partial charge in [0.2, 0.25) is 5.91 Å². The number of amides is 2. The summed E-state index contributed by atoms with van der Waals surface area (Å²) < 4.78 is 1.35. The van der Waals surface area contributed by atoms with Crippen LogP contribution < -0.4 is 10.6 Å². The molecule has 2 aromatic rings. The van der Waals surface area contributed by atoms with Gasteiger partial charge in [0.15, 0.2) is 5.69 Å². The lowest BCUT2D eigenvalue weighted by atomic mass is 10.2. The number of carbonyl (C=O) groups excluding carboxylic acids is 2. The lowest BCUT2D eigenvalue weighted by Crippen LogP contribution is -2.26. The molecule has 0 fully saturated rings. The van der Waals surface area contributed by atoms with E-state index in [-0.39, 0.29) is 24.1 Å². The first-order chi connectivity index (χ1) is 11.5. The van der Waals surface area contributed by atoms with E-state index in [0.29, 0.717) is 5.69 Å². The topological polar surface area (TPSA) is 92.1 Å². The Morgan fingerprint density at radius 3 is 2.79 bits per heavy atom. The quantitative estimate of drug-likeness (QED) is 0.781. The second-order valence-corrected chi connectivity index (χ2v) is 5.52. The van der Waals surface area contributed by atoms with E-state index in [0.717, 1.165) is 18.7 Å². The van der Waals surface area contributed by atoms with Crippen molar-refractivity contribution in [3.63, 3.8) is 0 Å². The van der Waals surface area contributed by atoms with E-state index in [1.54, 1.807) is 14.1 Å². The number of likely N-dealkylation sites (N-methyl/N-ethyl adjacent to an activating group) is 1. The Hall–Kier alpha value is -2.74. The highest BCUT2D eigenvalue weighted by Gasteiger charge is 2.13. The van der Waals surface area contributed by atoms with Gasteiger partial charge in [0.05, 0.1) is 6.20 Å². The highest BCUT2D eigenvalue weighted by atomic mass is 16.2. The van der Waals surface area contributed by atoms with Crippen LogP contribution in [0.1, 0.15) is 23.0 Å². The molecule has 0 aliphatic carbocycles. The second kappa shape index (κ2) is 8.21. The Morgan fingerprint density at radius 1 is 1.29 bits per heavy atom. The maximum absolute atomic E-state index is 12.2. The number of rotatable bonds is 7. The van der Waals surface area contributed by atoms with Crippen LogP contribution in [0.3, 0.4) is 0 Å². The third-order valence-electron chi connectivity index (χ3n) is 3.33. The summed E-state index contributed by atoms with van der Waals surface area (Å²) in [5.74, 6) is -0.484. The largest absolute Gasteiger partial charge is 0.347 e. The molecule has 0 saturated carbocycles. The maximum Gasteiger partial charge on any atom is 0.277 e. The Morgan fingerprint density at radius 2 is 2.08 bits per heavy atom. The molecule has 0 radical (unpaired) electrons. The summed E-state index contributed by atoms with van der Waals surface area (Å²) in [6, 6.07) is 7.59. The van der Waals surface area contributed by atoms with Crippen molar-refractivity contribution in [2.75, 3.05) is 26.0 Å². The molecule has 8 nitrogen and oxygen atoms in total. The molecule has 0 spiro atoms. The minimum absolute atomic E-state index is 0.0471. The van der Waals surface area contributed by atoms with Crippen LogP contribution in [0.5, 0.6) is 0 Å². The summed E-state index contributed by atoms with van der Waals surface area (Å²) in [7, 11) is 3.32.